The number of aromatic nitrogens is 4. The number of nitrogens with zero attached hydrogens (tertiary/aromatic N) is 7. The average molecular weight is 391 g/mol. The Morgan fingerprint density at radius 1 is 1.07 bits per heavy atom. The summed E-state index contributed by atoms with van der Waals surface area (Å²) < 4.78 is 34.6. The molecule has 142 valence electrons. The molecule has 1 unspecified atom stereocenters. The number of rotatable bonds is 2. The van der Waals surface area contributed by atoms with Gasteiger partial charge in [-0.25, -0.2) is 23.8 Å². The Bertz CT molecular complexity index is 1280. The predicted molar refractivity (Wildman–Crippen MR) is 99.4 cm³/mol. The maximum Gasteiger partial charge on any atom is 0.349 e. The second kappa shape index (κ2) is 5.71. The highest BCUT2D eigenvalue weighted by Crippen LogP contribution is 2.42. The van der Waals surface area contributed by atoms with Crippen molar-refractivity contribution >= 4 is 18.2 Å². The summed E-state index contributed by atoms with van der Waals surface area (Å²) in [7, 11) is 0. The minimum atomic E-state index is -0.768. The summed E-state index contributed by atoms with van der Waals surface area (Å²) in [6.07, 6.45) is 4.67. The van der Waals surface area contributed by atoms with Crippen LogP contribution in [0.5, 0.6) is 0 Å². The predicted octanol–water partition coefficient (Wildman–Crippen LogP) is 3.48. The van der Waals surface area contributed by atoms with Crippen LogP contribution >= 0.6 is 0 Å². The molecular weight excluding hydrogens is 380 g/mol. The molecule has 2 aromatic carbocycles. The van der Waals surface area contributed by atoms with Crippen molar-refractivity contribution in [3.8, 4) is 17.1 Å². The maximum absolute atomic E-state index is 14.1. The van der Waals surface area contributed by atoms with Gasteiger partial charge >= 0.3 is 6.01 Å². The van der Waals surface area contributed by atoms with E-state index in [1.807, 2.05) is 33.8 Å². The second-order valence-corrected chi connectivity index (χ2v) is 6.53. The summed E-state index contributed by atoms with van der Waals surface area (Å²) in [6.45, 7) is 0. The molecule has 1 atom stereocenters. The fourth-order valence-corrected chi connectivity index (χ4v) is 3.61. The molecule has 10 heteroatoms. The Kier molecular flexibility index (Phi) is 3.13. The molecule has 0 saturated carbocycles. The molecule has 0 amide bonds. The van der Waals surface area contributed by atoms with Crippen LogP contribution in [0.25, 0.3) is 17.1 Å². The van der Waals surface area contributed by atoms with Gasteiger partial charge < -0.3 is 4.52 Å². The van der Waals surface area contributed by atoms with Crippen LogP contribution in [0.15, 0.2) is 64.5 Å². The molecule has 4 heterocycles. The van der Waals surface area contributed by atoms with Gasteiger partial charge in [0.1, 0.15) is 24.3 Å². The zero-order chi connectivity index (χ0) is 19.5. The number of halogens is 2. The molecule has 0 aliphatic carbocycles. The number of imidazole rings is 1. The SMILES string of the molecule is Fc1ccc(-c2noc(N3C=NC4c5ccccc5-n5cncc5N43)n2)c(F)c1. The third-order valence-electron chi connectivity index (χ3n) is 4.89. The topological polar surface area (TPSA) is 75.6 Å². The van der Waals surface area contributed by atoms with Gasteiger partial charge in [-0.15, -0.1) is 0 Å². The molecule has 0 saturated heterocycles. The summed E-state index contributed by atoms with van der Waals surface area (Å²) in [5.41, 5.74) is 2.02. The van der Waals surface area contributed by atoms with Gasteiger partial charge in [0.2, 0.25) is 5.82 Å². The van der Waals surface area contributed by atoms with Crippen molar-refractivity contribution in [2.24, 2.45) is 4.99 Å². The summed E-state index contributed by atoms with van der Waals surface area (Å²) in [6, 6.07) is 11.2. The van der Waals surface area contributed by atoms with Gasteiger partial charge in [0, 0.05) is 11.6 Å². The molecule has 29 heavy (non-hydrogen) atoms. The zero-order valence-corrected chi connectivity index (χ0v) is 14.6. The van der Waals surface area contributed by atoms with Crippen LogP contribution in [0, 0.1) is 11.6 Å². The van der Waals surface area contributed by atoms with E-state index in [1.165, 1.54) is 6.07 Å². The van der Waals surface area contributed by atoms with Crippen LogP contribution in [-0.2, 0) is 0 Å². The van der Waals surface area contributed by atoms with Gasteiger partial charge in [0.05, 0.1) is 17.4 Å². The van der Waals surface area contributed by atoms with Crippen LogP contribution in [-0.4, -0.2) is 26.0 Å². The molecule has 2 aliphatic heterocycles. The highest BCUT2D eigenvalue weighted by molar-refractivity contribution is 5.85. The van der Waals surface area contributed by atoms with Crippen molar-refractivity contribution in [2.45, 2.75) is 6.17 Å². The Hall–Kier alpha value is -4.08. The van der Waals surface area contributed by atoms with Crippen LogP contribution in [0.4, 0.5) is 20.6 Å². The summed E-state index contributed by atoms with van der Waals surface area (Å²) in [5.74, 6) is -0.667. The van der Waals surface area contributed by atoms with E-state index in [-0.39, 0.29) is 23.6 Å². The number of hydrogen-bond donors (Lipinski definition) is 0. The van der Waals surface area contributed by atoms with Crippen LogP contribution in [0.1, 0.15) is 11.7 Å². The van der Waals surface area contributed by atoms with Crippen molar-refractivity contribution in [1.29, 1.82) is 0 Å². The molecule has 2 aliphatic rings. The minimum Gasteiger partial charge on any atom is -0.313 e. The van der Waals surface area contributed by atoms with Crippen molar-refractivity contribution in [1.82, 2.24) is 19.7 Å². The lowest BCUT2D eigenvalue weighted by Crippen LogP contribution is -2.42. The first-order chi connectivity index (χ1) is 14.2. The van der Waals surface area contributed by atoms with Gasteiger partial charge in [-0.2, -0.15) is 9.99 Å². The largest absolute Gasteiger partial charge is 0.349 e. The quantitative estimate of drug-likeness (QED) is 0.521. The fraction of sp³-hybridized carbons (Fsp3) is 0.0526. The highest BCUT2D eigenvalue weighted by Gasteiger charge is 2.40. The minimum absolute atomic E-state index is 0.0141. The van der Waals surface area contributed by atoms with E-state index in [1.54, 1.807) is 23.9 Å². The first-order valence-corrected chi connectivity index (χ1v) is 8.73. The standard InChI is InChI=1S/C19H11F2N7O/c20-11-5-6-12(14(21)7-11)17-24-19(29-25-17)27-10-23-18-13-3-1-2-4-15(13)26-9-22-8-16(26)28(18)27/h1-10,18H. The van der Waals surface area contributed by atoms with Crippen LogP contribution in [0.3, 0.4) is 0 Å². The molecule has 4 aromatic rings. The lowest BCUT2D eigenvalue weighted by Gasteiger charge is -2.35. The normalized spacial score (nSPS) is 16.7. The third-order valence-corrected chi connectivity index (χ3v) is 4.89. The first kappa shape index (κ1) is 15.9. The smallest absolute Gasteiger partial charge is 0.313 e. The Balaban J connectivity index is 1.42. The molecule has 0 fully saturated rings. The number of para-hydroxylation sites is 1. The monoisotopic (exact) mass is 391 g/mol. The van der Waals surface area contributed by atoms with Gasteiger partial charge in [0.15, 0.2) is 12.0 Å². The molecule has 6 rings (SSSR count). The van der Waals surface area contributed by atoms with Gasteiger partial charge in [-0.1, -0.05) is 23.4 Å². The zero-order valence-electron chi connectivity index (χ0n) is 14.6. The van der Waals surface area contributed by atoms with Crippen LogP contribution < -0.4 is 10.0 Å². The molecule has 8 nitrogen and oxygen atoms in total. The van der Waals surface area contributed by atoms with Gasteiger partial charge in [-0.05, 0) is 18.2 Å². The number of aliphatic imine (C=N–C) groups is 1. The molecule has 2 aromatic heterocycles. The van der Waals surface area contributed by atoms with Crippen molar-refractivity contribution < 1.29 is 13.3 Å². The number of benzene rings is 2. The molecular formula is C19H11F2N7O. The Morgan fingerprint density at radius 3 is 2.86 bits per heavy atom. The van der Waals surface area contributed by atoms with E-state index in [4.69, 9.17) is 4.52 Å². The molecule has 0 radical (unpaired) electrons. The fourth-order valence-electron chi connectivity index (χ4n) is 3.61. The first-order valence-electron chi connectivity index (χ1n) is 8.73. The number of hydrogen-bond acceptors (Lipinski definition) is 7. The van der Waals surface area contributed by atoms with Crippen molar-refractivity contribution in [2.75, 3.05) is 10.0 Å². The van der Waals surface area contributed by atoms with E-state index in [9.17, 15) is 8.78 Å². The van der Waals surface area contributed by atoms with Crippen LogP contribution in [0.2, 0.25) is 0 Å². The third kappa shape index (κ3) is 2.22. The van der Waals surface area contributed by atoms with Crippen molar-refractivity contribution in [3.05, 3.63) is 72.2 Å². The van der Waals surface area contributed by atoms with E-state index in [0.717, 1.165) is 29.2 Å². The molecule has 0 N–H and O–H groups in total. The number of fused-ring (bicyclic) bond motifs is 6. The van der Waals surface area contributed by atoms with E-state index >= 15 is 0 Å². The molecule has 0 bridgehead atoms. The van der Waals surface area contributed by atoms with E-state index < -0.39 is 11.6 Å². The Morgan fingerprint density at radius 2 is 1.97 bits per heavy atom. The lowest BCUT2D eigenvalue weighted by atomic mass is 10.1. The Labute approximate surface area is 162 Å². The van der Waals surface area contributed by atoms with Gasteiger partial charge in [0.25, 0.3) is 0 Å². The second-order valence-electron chi connectivity index (χ2n) is 6.53. The summed E-state index contributed by atoms with van der Waals surface area (Å²) in [4.78, 5) is 13.1. The van der Waals surface area contributed by atoms with E-state index in [0.29, 0.717) is 0 Å². The maximum atomic E-state index is 14.1. The highest BCUT2D eigenvalue weighted by atomic mass is 19.1. The number of hydrazine groups is 1. The summed E-state index contributed by atoms with van der Waals surface area (Å²) in [5, 5.41) is 7.29. The van der Waals surface area contributed by atoms with Gasteiger partial charge in [-0.3, -0.25) is 4.57 Å². The molecule has 0 spiro atoms. The summed E-state index contributed by atoms with van der Waals surface area (Å²) >= 11 is 0. The number of anilines is 2. The lowest BCUT2D eigenvalue weighted by molar-refractivity contribution is 0.420. The average Bonchev–Trinajstić information content (AvgIpc) is 3.46. The van der Waals surface area contributed by atoms with E-state index in [2.05, 4.69) is 20.1 Å². The van der Waals surface area contributed by atoms with Crippen molar-refractivity contribution in [3.63, 3.8) is 0 Å².